The van der Waals surface area contributed by atoms with Crippen molar-refractivity contribution in [1.82, 2.24) is 10.3 Å². The van der Waals surface area contributed by atoms with Crippen LogP contribution in [0.2, 0.25) is 0 Å². The molecule has 2 rings (SSSR count). The average Bonchev–Trinajstić information content (AvgIpc) is 2.41. The summed E-state index contributed by atoms with van der Waals surface area (Å²) in [5.41, 5.74) is 7.14. The molecule has 0 spiro atoms. The van der Waals surface area contributed by atoms with Crippen molar-refractivity contribution in [2.75, 3.05) is 5.73 Å². The number of hydrogen-bond donors (Lipinski definition) is 4. The molecule has 110 valence electrons. The van der Waals surface area contributed by atoms with Gasteiger partial charge in [-0.15, -0.1) is 0 Å². The summed E-state index contributed by atoms with van der Waals surface area (Å²) >= 11 is 0. The highest BCUT2D eigenvalue weighted by Gasteiger charge is 2.38. The molecule has 0 unspecified atom stereocenters. The van der Waals surface area contributed by atoms with Gasteiger partial charge in [-0.25, -0.2) is 4.79 Å². The maximum absolute atomic E-state index is 10.8. The van der Waals surface area contributed by atoms with Gasteiger partial charge in [0, 0.05) is 18.2 Å². The zero-order valence-electron chi connectivity index (χ0n) is 11.2. The van der Waals surface area contributed by atoms with Crippen molar-refractivity contribution in [3.05, 3.63) is 24.0 Å². The Morgan fingerprint density at radius 3 is 3.00 bits per heavy atom. The average molecular weight is 281 g/mol. The predicted molar refractivity (Wildman–Crippen MR) is 72.1 cm³/mol. The fraction of sp³-hybridized carbons (Fsp3) is 0.538. The number of amides is 1. The molecule has 7 heteroatoms. The SMILES string of the molecule is CC[C@H]1O[C@@H](c2ccncc2N)C[C@@H](NC(=O)O)[C@@H]1O. The number of anilines is 1. The van der Waals surface area contributed by atoms with E-state index in [0.29, 0.717) is 18.5 Å². The zero-order chi connectivity index (χ0) is 14.7. The first-order valence-electron chi connectivity index (χ1n) is 6.55. The monoisotopic (exact) mass is 281 g/mol. The van der Waals surface area contributed by atoms with E-state index in [9.17, 15) is 9.90 Å². The Morgan fingerprint density at radius 1 is 1.65 bits per heavy atom. The molecular weight excluding hydrogens is 262 g/mol. The van der Waals surface area contributed by atoms with Crippen LogP contribution in [0.1, 0.15) is 31.4 Å². The molecule has 1 saturated heterocycles. The molecular formula is C13H19N3O4. The van der Waals surface area contributed by atoms with E-state index in [0.717, 1.165) is 5.56 Å². The minimum Gasteiger partial charge on any atom is -0.465 e. The van der Waals surface area contributed by atoms with E-state index in [4.69, 9.17) is 15.6 Å². The fourth-order valence-corrected chi connectivity index (χ4v) is 2.53. The molecule has 1 amide bonds. The molecule has 0 saturated carbocycles. The van der Waals surface area contributed by atoms with Crippen molar-refractivity contribution in [2.24, 2.45) is 0 Å². The largest absolute Gasteiger partial charge is 0.465 e. The first-order valence-corrected chi connectivity index (χ1v) is 6.55. The van der Waals surface area contributed by atoms with Gasteiger partial charge in [-0.3, -0.25) is 4.98 Å². The van der Waals surface area contributed by atoms with E-state index in [1.165, 1.54) is 6.20 Å². The maximum Gasteiger partial charge on any atom is 0.404 e. The number of ether oxygens (including phenoxy) is 1. The summed E-state index contributed by atoms with van der Waals surface area (Å²) in [4.78, 5) is 14.7. The fourth-order valence-electron chi connectivity index (χ4n) is 2.53. The Hall–Kier alpha value is -1.86. The van der Waals surface area contributed by atoms with E-state index in [2.05, 4.69) is 10.3 Å². The van der Waals surface area contributed by atoms with Crippen molar-refractivity contribution in [3.63, 3.8) is 0 Å². The number of aliphatic hydroxyl groups excluding tert-OH is 1. The summed E-state index contributed by atoms with van der Waals surface area (Å²) < 4.78 is 5.84. The van der Waals surface area contributed by atoms with Crippen LogP contribution in [0, 0.1) is 0 Å². The number of aromatic nitrogens is 1. The first-order chi connectivity index (χ1) is 9.52. The minimum absolute atomic E-state index is 0.332. The minimum atomic E-state index is -1.16. The third-order valence-electron chi connectivity index (χ3n) is 3.55. The smallest absolute Gasteiger partial charge is 0.404 e. The summed E-state index contributed by atoms with van der Waals surface area (Å²) in [5, 5.41) is 21.3. The number of carbonyl (C=O) groups is 1. The Bertz CT molecular complexity index is 482. The second-order valence-corrected chi connectivity index (χ2v) is 4.86. The maximum atomic E-state index is 10.8. The number of nitrogens with two attached hydrogens (primary N) is 1. The van der Waals surface area contributed by atoms with Crippen molar-refractivity contribution in [3.8, 4) is 0 Å². The molecule has 0 aromatic carbocycles. The molecule has 20 heavy (non-hydrogen) atoms. The van der Waals surface area contributed by atoms with Gasteiger partial charge in [0.05, 0.1) is 30.1 Å². The molecule has 1 fully saturated rings. The highest BCUT2D eigenvalue weighted by molar-refractivity contribution is 5.65. The standard InChI is InChI=1S/C13H19N3O4/c1-2-10-12(17)9(16-13(18)19)5-11(20-10)7-3-4-15-6-8(7)14/h3-4,6,9-12,16-17H,2,5,14H2,1H3,(H,18,19)/t9-,10-,11-,12+/m1/s1. The molecule has 0 radical (unpaired) electrons. The van der Waals surface area contributed by atoms with Crippen LogP contribution in [0.3, 0.4) is 0 Å². The lowest BCUT2D eigenvalue weighted by Crippen LogP contribution is -2.53. The normalized spacial score (nSPS) is 29.9. The summed E-state index contributed by atoms with van der Waals surface area (Å²) in [6.07, 6.45) is 1.24. The Morgan fingerprint density at radius 2 is 2.40 bits per heavy atom. The van der Waals surface area contributed by atoms with Crippen LogP contribution in [-0.4, -0.2) is 39.5 Å². The molecule has 5 N–H and O–H groups in total. The van der Waals surface area contributed by atoms with Crippen LogP contribution in [0.5, 0.6) is 0 Å². The molecule has 7 nitrogen and oxygen atoms in total. The van der Waals surface area contributed by atoms with Crippen LogP contribution >= 0.6 is 0 Å². The van der Waals surface area contributed by atoms with Crippen LogP contribution < -0.4 is 11.1 Å². The van der Waals surface area contributed by atoms with Gasteiger partial charge in [0.15, 0.2) is 0 Å². The third kappa shape index (κ3) is 3.00. The molecule has 4 atom stereocenters. The van der Waals surface area contributed by atoms with E-state index in [1.54, 1.807) is 12.3 Å². The molecule has 1 aliphatic rings. The molecule has 1 aliphatic heterocycles. The van der Waals surface area contributed by atoms with Crippen molar-refractivity contribution in [2.45, 2.75) is 44.1 Å². The van der Waals surface area contributed by atoms with E-state index >= 15 is 0 Å². The summed E-state index contributed by atoms with van der Waals surface area (Å²) in [7, 11) is 0. The molecule has 0 bridgehead atoms. The number of nitrogens with one attached hydrogen (secondary N) is 1. The highest BCUT2D eigenvalue weighted by Crippen LogP contribution is 2.35. The molecule has 1 aromatic heterocycles. The summed E-state index contributed by atoms with van der Waals surface area (Å²) in [5.74, 6) is 0. The van der Waals surface area contributed by atoms with Crippen LogP contribution in [0.4, 0.5) is 10.5 Å². The van der Waals surface area contributed by atoms with Gasteiger partial charge in [-0.2, -0.15) is 0 Å². The van der Waals surface area contributed by atoms with Crippen LogP contribution in [0.25, 0.3) is 0 Å². The number of hydrogen-bond acceptors (Lipinski definition) is 5. The van der Waals surface area contributed by atoms with Gasteiger partial charge < -0.3 is 26.0 Å². The zero-order valence-corrected chi connectivity index (χ0v) is 11.2. The van der Waals surface area contributed by atoms with Gasteiger partial charge in [0.25, 0.3) is 0 Å². The van der Waals surface area contributed by atoms with Gasteiger partial charge >= 0.3 is 6.09 Å². The number of rotatable bonds is 3. The van der Waals surface area contributed by atoms with E-state index in [-0.39, 0.29) is 6.10 Å². The van der Waals surface area contributed by atoms with Gasteiger partial charge in [0.1, 0.15) is 6.10 Å². The number of aliphatic hydroxyl groups is 1. The second-order valence-electron chi connectivity index (χ2n) is 4.86. The quantitative estimate of drug-likeness (QED) is 0.654. The molecule has 0 aliphatic carbocycles. The van der Waals surface area contributed by atoms with Crippen molar-refractivity contribution < 1.29 is 19.7 Å². The Labute approximate surface area is 116 Å². The number of nitrogen functional groups attached to an aromatic ring is 1. The summed E-state index contributed by atoms with van der Waals surface area (Å²) in [6.45, 7) is 1.88. The van der Waals surface area contributed by atoms with E-state index in [1.807, 2.05) is 6.92 Å². The molecule has 1 aromatic rings. The number of nitrogens with zero attached hydrogens (tertiary/aromatic N) is 1. The van der Waals surface area contributed by atoms with Crippen LogP contribution in [0.15, 0.2) is 18.5 Å². The highest BCUT2D eigenvalue weighted by atomic mass is 16.5. The predicted octanol–water partition coefficient (Wildman–Crippen LogP) is 0.901. The van der Waals surface area contributed by atoms with Gasteiger partial charge in [-0.05, 0) is 12.5 Å². The lowest BCUT2D eigenvalue weighted by Gasteiger charge is -2.39. The van der Waals surface area contributed by atoms with E-state index < -0.39 is 24.3 Å². The third-order valence-corrected chi connectivity index (χ3v) is 3.55. The second kappa shape index (κ2) is 6.06. The van der Waals surface area contributed by atoms with Gasteiger partial charge in [-0.1, -0.05) is 6.92 Å². The Balaban J connectivity index is 2.22. The van der Waals surface area contributed by atoms with Crippen molar-refractivity contribution >= 4 is 11.8 Å². The first kappa shape index (κ1) is 14.5. The lowest BCUT2D eigenvalue weighted by atomic mass is 9.91. The number of carboxylic acid groups (broad SMARTS) is 1. The van der Waals surface area contributed by atoms with Crippen molar-refractivity contribution in [1.29, 1.82) is 0 Å². The number of pyridine rings is 1. The van der Waals surface area contributed by atoms with Crippen LogP contribution in [-0.2, 0) is 4.74 Å². The Kier molecular flexibility index (Phi) is 4.41. The lowest BCUT2D eigenvalue weighted by molar-refractivity contribution is -0.133. The van der Waals surface area contributed by atoms with Gasteiger partial charge in [0.2, 0.25) is 0 Å². The summed E-state index contributed by atoms with van der Waals surface area (Å²) in [6, 6.07) is 1.17. The topological polar surface area (TPSA) is 118 Å². The molecule has 2 heterocycles.